The van der Waals surface area contributed by atoms with Gasteiger partial charge in [-0.1, -0.05) is 12.1 Å². The lowest BCUT2D eigenvalue weighted by molar-refractivity contribution is -0.134. The van der Waals surface area contributed by atoms with Crippen LogP contribution in [-0.2, 0) is 11.2 Å². The molecule has 1 amide bonds. The molecule has 1 saturated heterocycles. The molecule has 2 rings (SSSR count). The molecular formula is C17H26N2O2. The Labute approximate surface area is 127 Å². The van der Waals surface area contributed by atoms with Crippen LogP contribution in [0.3, 0.4) is 0 Å². The van der Waals surface area contributed by atoms with E-state index in [1.807, 2.05) is 36.1 Å². The summed E-state index contributed by atoms with van der Waals surface area (Å²) in [5.41, 5.74) is 7.12. The summed E-state index contributed by atoms with van der Waals surface area (Å²) in [7, 11) is 0. The monoisotopic (exact) mass is 290 g/mol. The number of aryl methyl sites for hydroxylation is 1. The van der Waals surface area contributed by atoms with Crippen molar-refractivity contribution in [3.8, 4) is 5.75 Å². The number of amides is 1. The van der Waals surface area contributed by atoms with Crippen molar-refractivity contribution in [2.24, 2.45) is 5.73 Å². The second-order valence-corrected chi connectivity index (χ2v) is 5.80. The Balaban J connectivity index is 1.83. The quantitative estimate of drug-likeness (QED) is 0.905. The van der Waals surface area contributed by atoms with E-state index >= 15 is 0 Å². The molecule has 2 atom stereocenters. The van der Waals surface area contributed by atoms with Gasteiger partial charge in [-0.2, -0.15) is 0 Å². The van der Waals surface area contributed by atoms with Gasteiger partial charge in [0.2, 0.25) is 5.91 Å². The van der Waals surface area contributed by atoms with Crippen LogP contribution in [0.25, 0.3) is 0 Å². The summed E-state index contributed by atoms with van der Waals surface area (Å²) in [4.78, 5) is 14.3. The Morgan fingerprint density at radius 1 is 1.38 bits per heavy atom. The predicted octanol–water partition coefficient (Wildman–Crippen LogP) is 2.36. The summed E-state index contributed by atoms with van der Waals surface area (Å²) in [6.07, 6.45) is 3.17. The average Bonchev–Trinajstić information content (AvgIpc) is 2.46. The van der Waals surface area contributed by atoms with Gasteiger partial charge < -0.3 is 15.4 Å². The number of likely N-dealkylation sites (tertiary alicyclic amines) is 1. The summed E-state index contributed by atoms with van der Waals surface area (Å²) >= 11 is 0. The predicted molar refractivity (Wildman–Crippen MR) is 84.3 cm³/mol. The second kappa shape index (κ2) is 7.46. The van der Waals surface area contributed by atoms with Gasteiger partial charge in [0.25, 0.3) is 0 Å². The Morgan fingerprint density at radius 2 is 2.10 bits per heavy atom. The third-order valence-corrected chi connectivity index (χ3v) is 4.10. The molecule has 1 aromatic carbocycles. The van der Waals surface area contributed by atoms with E-state index in [2.05, 4.69) is 6.92 Å². The lowest BCUT2D eigenvalue weighted by atomic mass is 9.98. The van der Waals surface area contributed by atoms with Crippen LogP contribution in [0.5, 0.6) is 5.75 Å². The molecule has 0 spiro atoms. The molecule has 1 fully saturated rings. The SMILES string of the molecule is CCOc1ccc(CCC(=O)N2CCC(N)CC2C)cc1. The normalized spacial score (nSPS) is 22.1. The number of carbonyl (C=O) groups is 1. The third kappa shape index (κ3) is 4.46. The standard InChI is InChI=1S/C17H26N2O2/c1-3-21-16-7-4-14(5-8-16)6-9-17(20)19-11-10-15(18)12-13(19)2/h4-5,7-8,13,15H,3,6,9-12,18H2,1-2H3. The highest BCUT2D eigenvalue weighted by atomic mass is 16.5. The summed E-state index contributed by atoms with van der Waals surface area (Å²) in [6.45, 7) is 5.53. The van der Waals surface area contributed by atoms with Crippen LogP contribution in [0, 0.1) is 0 Å². The van der Waals surface area contributed by atoms with Gasteiger partial charge in [-0.25, -0.2) is 0 Å². The van der Waals surface area contributed by atoms with Crippen LogP contribution in [0.2, 0.25) is 0 Å². The Hall–Kier alpha value is -1.55. The number of nitrogens with zero attached hydrogens (tertiary/aromatic N) is 1. The molecule has 1 aliphatic heterocycles. The molecule has 2 N–H and O–H groups in total. The van der Waals surface area contributed by atoms with Crippen LogP contribution < -0.4 is 10.5 Å². The maximum absolute atomic E-state index is 12.3. The second-order valence-electron chi connectivity index (χ2n) is 5.80. The molecule has 21 heavy (non-hydrogen) atoms. The number of benzene rings is 1. The van der Waals surface area contributed by atoms with E-state index in [1.54, 1.807) is 0 Å². The smallest absolute Gasteiger partial charge is 0.223 e. The van der Waals surface area contributed by atoms with Crippen LogP contribution >= 0.6 is 0 Å². The van der Waals surface area contributed by atoms with Gasteiger partial charge in [0.1, 0.15) is 5.75 Å². The van der Waals surface area contributed by atoms with Gasteiger partial charge >= 0.3 is 0 Å². The number of hydrogen-bond acceptors (Lipinski definition) is 3. The number of piperidine rings is 1. The zero-order chi connectivity index (χ0) is 15.2. The highest BCUT2D eigenvalue weighted by Gasteiger charge is 2.26. The number of hydrogen-bond donors (Lipinski definition) is 1. The van der Waals surface area contributed by atoms with Crippen LogP contribution in [0.1, 0.15) is 38.7 Å². The van der Waals surface area contributed by atoms with Crippen LogP contribution in [0.15, 0.2) is 24.3 Å². The highest BCUT2D eigenvalue weighted by Crippen LogP contribution is 2.18. The molecule has 0 radical (unpaired) electrons. The van der Waals surface area contributed by atoms with Crippen molar-refractivity contribution in [1.29, 1.82) is 0 Å². The van der Waals surface area contributed by atoms with Crippen molar-refractivity contribution in [2.45, 2.75) is 51.6 Å². The Kier molecular flexibility index (Phi) is 5.62. The zero-order valence-electron chi connectivity index (χ0n) is 13.0. The molecule has 4 heteroatoms. The van der Waals surface area contributed by atoms with Gasteiger partial charge in [-0.05, 0) is 50.8 Å². The van der Waals surface area contributed by atoms with Crippen LogP contribution in [0.4, 0.5) is 0 Å². The molecule has 1 heterocycles. The fraction of sp³-hybridized carbons (Fsp3) is 0.588. The molecule has 0 bridgehead atoms. The van der Waals surface area contributed by atoms with Crippen molar-refractivity contribution in [3.63, 3.8) is 0 Å². The van der Waals surface area contributed by atoms with Gasteiger partial charge in [0.05, 0.1) is 6.61 Å². The first-order valence-electron chi connectivity index (χ1n) is 7.87. The third-order valence-electron chi connectivity index (χ3n) is 4.10. The van der Waals surface area contributed by atoms with Crippen molar-refractivity contribution in [1.82, 2.24) is 4.90 Å². The first-order chi connectivity index (χ1) is 10.1. The van der Waals surface area contributed by atoms with Gasteiger partial charge in [-0.15, -0.1) is 0 Å². The minimum Gasteiger partial charge on any atom is -0.494 e. The van der Waals surface area contributed by atoms with E-state index in [0.717, 1.165) is 31.6 Å². The van der Waals surface area contributed by atoms with Gasteiger partial charge in [0.15, 0.2) is 0 Å². The van der Waals surface area contributed by atoms with E-state index in [4.69, 9.17) is 10.5 Å². The lowest BCUT2D eigenvalue weighted by Crippen LogP contribution is -2.48. The fourth-order valence-electron chi connectivity index (χ4n) is 2.89. The lowest BCUT2D eigenvalue weighted by Gasteiger charge is -2.36. The summed E-state index contributed by atoms with van der Waals surface area (Å²) in [5, 5.41) is 0. The fourth-order valence-corrected chi connectivity index (χ4v) is 2.89. The largest absolute Gasteiger partial charge is 0.494 e. The molecule has 0 aliphatic carbocycles. The van der Waals surface area contributed by atoms with Crippen molar-refractivity contribution in [3.05, 3.63) is 29.8 Å². The molecule has 1 aliphatic rings. The van der Waals surface area contributed by atoms with Gasteiger partial charge in [0, 0.05) is 25.0 Å². The average molecular weight is 290 g/mol. The molecule has 4 nitrogen and oxygen atoms in total. The molecule has 2 unspecified atom stereocenters. The van der Waals surface area contributed by atoms with E-state index < -0.39 is 0 Å². The van der Waals surface area contributed by atoms with Crippen LogP contribution in [-0.4, -0.2) is 36.0 Å². The first-order valence-corrected chi connectivity index (χ1v) is 7.87. The van der Waals surface area contributed by atoms with Gasteiger partial charge in [-0.3, -0.25) is 4.79 Å². The maximum atomic E-state index is 12.3. The maximum Gasteiger partial charge on any atom is 0.223 e. The Morgan fingerprint density at radius 3 is 2.71 bits per heavy atom. The minimum atomic E-state index is 0.239. The number of rotatable bonds is 5. The van der Waals surface area contributed by atoms with E-state index in [0.29, 0.717) is 13.0 Å². The summed E-state index contributed by atoms with van der Waals surface area (Å²) in [5.74, 6) is 1.12. The van der Waals surface area contributed by atoms with Crippen molar-refractivity contribution in [2.75, 3.05) is 13.2 Å². The molecular weight excluding hydrogens is 264 g/mol. The van der Waals surface area contributed by atoms with E-state index in [-0.39, 0.29) is 18.0 Å². The summed E-state index contributed by atoms with van der Waals surface area (Å²) < 4.78 is 5.42. The number of carbonyl (C=O) groups excluding carboxylic acids is 1. The Bertz CT molecular complexity index is 458. The molecule has 0 saturated carbocycles. The van der Waals surface area contributed by atoms with E-state index in [9.17, 15) is 4.79 Å². The molecule has 1 aromatic rings. The van der Waals surface area contributed by atoms with Crippen molar-refractivity contribution < 1.29 is 9.53 Å². The number of ether oxygens (including phenoxy) is 1. The number of nitrogens with two attached hydrogens (primary N) is 1. The minimum absolute atomic E-state index is 0.239. The molecule has 116 valence electrons. The summed E-state index contributed by atoms with van der Waals surface area (Å²) in [6, 6.07) is 8.51. The highest BCUT2D eigenvalue weighted by molar-refractivity contribution is 5.76. The first kappa shape index (κ1) is 15.8. The van der Waals surface area contributed by atoms with E-state index in [1.165, 1.54) is 5.56 Å². The van der Waals surface area contributed by atoms with Crippen molar-refractivity contribution >= 4 is 5.91 Å². The zero-order valence-corrected chi connectivity index (χ0v) is 13.0. The molecule has 0 aromatic heterocycles. The topological polar surface area (TPSA) is 55.6 Å².